The van der Waals surface area contributed by atoms with Crippen LogP contribution in [0.3, 0.4) is 0 Å². The van der Waals surface area contributed by atoms with Crippen molar-refractivity contribution in [2.24, 2.45) is 10.7 Å². The largest absolute Gasteiger partial charge is 0.481 e. The van der Waals surface area contributed by atoms with E-state index in [-0.39, 0.29) is 41.5 Å². The molecule has 1 aliphatic rings. The smallest absolute Gasteiger partial charge is 0.309 e. The molecule has 1 aliphatic heterocycles. The van der Waals surface area contributed by atoms with Crippen molar-refractivity contribution in [3.8, 4) is 5.88 Å². The van der Waals surface area contributed by atoms with Gasteiger partial charge in [0.15, 0.2) is 5.96 Å². The van der Waals surface area contributed by atoms with Crippen LogP contribution >= 0.6 is 24.0 Å². The van der Waals surface area contributed by atoms with E-state index in [4.69, 9.17) is 10.5 Å². The van der Waals surface area contributed by atoms with E-state index < -0.39 is 12.5 Å². The first-order valence-electron chi connectivity index (χ1n) is 7.47. The van der Waals surface area contributed by atoms with E-state index in [1.165, 1.54) is 25.3 Å². The van der Waals surface area contributed by atoms with Crippen molar-refractivity contribution < 1.29 is 13.5 Å². The van der Waals surface area contributed by atoms with Crippen LogP contribution in [-0.4, -0.2) is 42.6 Å². The fourth-order valence-corrected chi connectivity index (χ4v) is 2.39. The zero-order chi connectivity index (χ0) is 16.0. The number of hydrogen-bond acceptors (Lipinski definition) is 3. The van der Waals surface area contributed by atoms with E-state index in [1.807, 2.05) is 4.90 Å². The van der Waals surface area contributed by atoms with Gasteiger partial charge in [-0.25, -0.2) is 9.98 Å². The van der Waals surface area contributed by atoms with Crippen molar-refractivity contribution >= 4 is 29.9 Å². The highest BCUT2D eigenvalue weighted by Gasteiger charge is 2.33. The zero-order valence-electron chi connectivity index (χ0n) is 13.2. The number of aliphatic imine (C=N–C) groups is 1. The van der Waals surface area contributed by atoms with Gasteiger partial charge in [0.25, 0.3) is 0 Å². The van der Waals surface area contributed by atoms with Gasteiger partial charge >= 0.3 is 5.92 Å². The molecule has 1 aromatic heterocycles. The minimum absolute atomic E-state index is 0. The normalized spacial score (nSPS) is 16.5. The van der Waals surface area contributed by atoms with Crippen LogP contribution in [0.1, 0.15) is 31.4 Å². The Morgan fingerprint density at radius 1 is 1.30 bits per heavy atom. The van der Waals surface area contributed by atoms with Crippen LogP contribution in [-0.2, 0) is 5.92 Å². The Hall–Kier alpha value is -1.19. The Bertz CT molecular complexity index is 520. The van der Waals surface area contributed by atoms with Crippen LogP contribution in [0.25, 0.3) is 0 Å². The standard InChI is InChI=1S/C15H22F2N4O.HI/c1-22-13-8-6-7-12(20-13)15(16,17)11-19-14(18)21-9-4-2-3-5-10-21;/h6-8H,2-5,9-11H2,1H3,(H2,18,19);1H. The van der Waals surface area contributed by atoms with Crippen molar-refractivity contribution in [2.45, 2.75) is 31.6 Å². The maximum Gasteiger partial charge on any atom is 0.309 e. The fraction of sp³-hybridized carbons (Fsp3) is 0.600. The van der Waals surface area contributed by atoms with Crippen LogP contribution in [0.2, 0.25) is 0 Å². The predicted octanol–water partition coefficient (Wildman–Crippen LogP) is 2.99. The van der Waals surface area contributed by atoms with Crippen LogP contribution < -0.4 is 10.5 Å². The number of pyridine rings is 1. The number of likely N-dealkylation sites (tertiary alicyclic amines) is 1. The number of ether oxygens (including phenoxy) is 1. The van der Waals surface area contributed by atoms with E-state index in [9.17, 15) is 8.78 Å². The average Bonchev–Trinajstić information content (AvgIpc) is 2.82. The van der Waals surface area contributed by atoms with Gasteiger partial charge in [-0.15, -0.1) is 24.0 Å². The first-order chi connectivity index (χ1) is 10.5. The van der Waals surface area contributed by atoms with Gasteiger partial charge in [-0.05, 0) is 18.9 Å². The molecule has 2 N–H and O–H groups in total. The summed E-state index contributed by atoms with van der Waals surface area (Å²) < 4.78 is 33.2. The van der Waals surface area contributed by atoms with E-state index in [0.29, 0.717) is 0 Å². The molecule has 2 rings (SSSR count). The molecule has 130 valence electrons. The number of rotatable bonds is 4. The molecular weight excluding hydrogens is 417 g/mol. The monoisotopic (exact) mass is 440 g/mol. The van der Waals surface area contributed by atoms with E-state index in [2.05, 4.69) is 9.98 Å². The molecule has 2 heterocycles. The second-order valence-corrected chi connectivity index (χ2v) is 5.35. The summed E-state index contributed by atoms with van der Waals surface area (Å²) in [6.07, 6.45) is 4.33. The Labute approximate surface area is 152 Å². The highest BCUT2D eigenvalue weighted by molar-refractivity contribution is 14.0. The van der Waals surface area contributed by atoms with Crippen molar-refractivity contribution in [1.29, 1.82) is 0 Å². The van der Waals surface area contributed by atoms with Gasteiger partial charge in [-0.1, -0.05) is 18.9 Å². The van der Waals surface area contributed by atoms with Gasteiger partial charge in [0, 0.05) is 19.2 Å². The van der Waals surface area contributed by atoms with Crippen LogP contribution in [0.4, 0.5) is 8.78 Å². The fourth-order valence-electron chi connectivity index (χ4n) is 2.39. The molecule has 0 radical (unpaired) electrons. The molecule has 0 amide bonds. The lowest BCUT2D eigenvalue weighted by atomic mass is 10.2. The van der Waals surface area contributed by atoms with Crippen molar-refractivity contribution in [3.05, 3.63) is 23.9 Å². The molecule has 23 heavy (non-hydrogen) atoms. The maximum absolute atomic E-state index is 14.2. The summed E-state index contributed by atoms with van der Waals surface area (Å²) in [4.78, 5) is 9.53. The van der Waals surface area contributed by atoms with Gasteiger partial charge < -0.3 is 15.4 Å². The third-order valence-electron chi connectivity index (χ3n) is 3.68. The summed E-state index contributed by atoms with van der Waals surface area (Å²) in [6.45, 7) is 0.839. The number of hydrogen-bond donors (Lipinski definition) is 1. The SMILES string of the molecule is COc1cccc(C(F)(F)CN=C(N)N2CCCCCC2)n1.I. The molecule has 8 heteroatoms. The quantitative estimate of drug-likeness (QED) is 0.444. The number of alkyl halides is 2. The molecule has 0 saturated carbocycles. The van der Waals surface area contributed by atoms with Gasteiger partial charge in [0.1, 0.15) is 12.2 Å². The third-order valence-corrected chi connectivity index (χ3v) is 3.68. The highest BCUT2D eigenvalue weighted by Crippen LogP contribution is 2.28. The van der Waals surface area contributed by atoms with E-state index >= 15 is 0 Å². The third kappa shape index (κ3) is 5.74. The van der Waals surface area contributed by atoms with Gasteiger partial charge in [0.2, 0.25) is 5.88 Å². The summed E-state index contributed by atoms with van der Waals surface area (Å²) in [6, 6.07) is 4.27. The molecule has 0 unspecified atom stereocenters. The highest BCUT2D eigenvalue weighted by atomic mass is 127. The van der Waals surface area contributed by atoms with Crippen molar-refractivity contribution in [3.63, 3.8) is 0 Å². The summed E-state index contributed by atoms with van der Waals surface area (Å²) in [5, 5.41) is 0. The summed E-state index contributed by atoms with van der Waals surface area (Å²) in [5.41, 5.74) is 5.49. The molecule has 0 aliphatic carbocycles. The summed E-state index contributed by atoms with van der Waals surface area (Å²) in [5.74, 6) is -2.84. The van der Waals surface area contributed by atoms with Crippen LogP contribution in [0, 0.1) is 0 Å². The Balaban J connectivity index is 0.00000264. The first kappa shape index (κ1) is 19.9. The zero-order valence-corrected chi connectivity index (χ0v) is 15.5. The minimum Gasteiger partial charge on any atom is -0.481 e. The van der Waals surface area contributed by atoms with Crippen LogP contribution in [0.5, 0.6) is 5.88 Å². The lowest BCUT2D eigenvalue weighted by Gasteiger charge is -2.22. The summed E-state index contributed by atoms with van der Waals surface area (Å²) in [7, 11) is 1.39. The van der Waals surface area contributed by atoms with E-state index in [1.54, 1.807) is 0 Å². The molecule has 0 aromatic carbocycles. The maximum atomic E-state index is 14.2. The van der Waals surface area contributed by atoms with Gasteiger partial charge in [0.05, 0.1) is 7.11 Å². The van der Waals surface area contributed by atoms with Gasteiger partial charge in [-0.2, -0.15) is 8.78 Å². The second kappa shape index (κ2) is 9.19. The Morgan fingerprint density at radius 2 is 1.96 bits per heavy atom. The molecule has 5 nitrogen and oxygen atoms in total. The van der Waals surface area contributed by atoms with Crippen LogP contribution in [0.15, 0.2) is 23.2 Å². The molecular formula is C15H23F2IN4O. The number of aromatic nitrogens is 1. The minimum atomic E-state index is -3.18. The van der Waals surface area contributed by atoms with Crippen molar-refractivity contribution in [1.82, 2.24) is 9.88 Å². The lowest BCUT2D eigenvalue weighted by Crippen LogP contribution is -2.39. The molecule has 0 spiro atoms. The molecule has 1 saturated heterocycles. The topological polar surface area (TPSA) is 63.7 Å². The molecule has 1 aromatic rings. The number of halogens is 3. The Morgan fingerprint density at radius 3 is 2.57 bits per heavy atom. The first-order valence-corrected chi connectivity index (χ1v) is 7.47. The second-order valence-electron chi connectivity index (χ2n) is 5.35. The van der Waals surface area contributed by atoms with Gasteiger partial charge in [-0.3, -0.25) is 0 Å². The predicted molar refractivity (Wildman–Crippen MR) is 96.6 cm³/mol. The number of guanidine groups is 1. The van der Waals surface area contributed by atoms with Crippen molar-refractivity contribution in [2.75, 3.05) is 26.7 Å². The molecule has 1 fully saturated rings. The lowest BCUT2D eigenvalue weighted by molar-refractivity contribution is 0.00121. The summed E-state index contributed by atoms with van der Waals surface area (Å²) >= 11 is 0. The molecule has 0 atom stereocenters. The Kier molecular flexibility index (Phi) is 7.93. The molecule has 0 bridgehead atoms. The number of methoxy groups -OCH3 is 1. The van der Waals surface area contributed by atoms with E-state index in [0.717, 1.165) is 38.8 Å². The number of nitrogens with zero attached hydrogens (tertiary/aromatic N) is 3. The average molecular weight is 440 g/mol. The number of nitrogens with two attached hydrogens (primary N) is 1.